The highest BCUT2D eigenvalue weighted by molar-refractivity contribution is 7.12. The molecule has 2 heterocycles. The number of nitrogens with one attached hydrogen (secondary N) is 2. The smallest absolute Gasteiger partial charge is 0.257 e. The number of hydrogen-bond donors (Lipinski definition) is 2. The monoisotopic (exact) mass is 481 g/mol. The van der Waals surface area contributed by atoms with Crippen molar-refractivity contribution in [1.82, 2.24) is 20.1 Å². The Kier molecular flexibility index (Phi) is 6.49. The molecule has 0 aliphatic rings. The SMILES string of the molecule is CC(C)(C)CC(=O)NCc1ccc(Cl)c(C(=O)Nc2cccc3c2cnn3-c2nccs2)c1. The van der Waals surface area contributed by atoms with E-state index in [9.17, 15) is 9.59 Å². The summed E-state index contributed by atoms with van der Waals surface area (Å²) >= 11 is 7.81. The topological polar surface area (TPSA) is 88.9 Å². The third-order valence-corrected chi connectivity index (χ3v) is 5.99. The molecule has 0 atom stereocenters. The number of halogens is 1. The summed E-state index contributed by atoms with van der Waals surface area (Å²) in [5.74, 6) is -0.371. The van der Waals surface area contributed by atoms with E-state index in [4.69, 9.17) is 11.6 Å². The summed E-state index contributed by atoms with van der Waals surface area (Å²) in [6.45, 7) is 6.36. The van der Waals surface area contributed by atoms with Crippen molar-refractivity contribution in [2.24, 2.45) is 5.41 Å². The van der Waals surface area contributed by atoms with Gasteiger partial charge in [0.2, 0.25) is 11.0 Å². The van der Waals surface area contributed by atoms with E-state index in [1.54, 1.807) is 35.3 Å². The minimum absolute atomic E-state index is 0.0348. The second-order valence-electron chi connectivity index (χ2n) is 8.89. The van der Waals surface area contributed by atoms with Gasteiger partial charge in [-0.3, -0.25) is 9.59 Å². The first kappa shape index (κ1) is 22.9. The molecule has 2 N–H and O–H groups in total. The molecular weight excluding hydrogens is 458 g/mol. The molecule has 9 heteroatoms. The van der Waals surface area contributed by atoms with Crippen LogP contribution in [0.15, 0.2) is 54.2 Å². The van der Waals surface area contributed by atoms with Crippen LogP contribution in [0.4, 0.5) is 5.69 Å². The molecule has 2 aromatic heterocycles. The van der Waals surface area contributed by atoms with Crippen molar-refractivity contribution in [3.05, 3.63) is 70.3 Å². The van der Waals surface area contributed by atoms with Crippen molar-refractivity contribution in [2.45, 2.75) is 33.7 Å². The summed E-state index contributed by atoms with van der Waals surface area (Å²) in [6, 6.07) is 10.8. The number of fused-ring (bicyclic) bond motifs is 1. The van der Waals surface area contributed by atoms with E-state index in [0.717, 1.165) is 21.6 Å². The fourth-order valence-corrected chi connectivity index (χ4v) is 4.24. The zero-order valence-electron chi connectivity index (χ0n) is 18.6. The molecule has 0 saturated carbocycles. The number of hydrogen-bond acceptors (Lipinski definition) is 5. The largest absolute Gasteiger partial charge is 0.352 e. The molecule has 2 aromatic carbocycles. The predicted molar refractivity (Wildman–Crippen MR) is 132 cm³/mol. The average molecular weight is 482 g/mol. The fraction of sp³-hybridized carbons (Fsp3) is 0.250. The third kappa shape index (κ3) is 5.40. The number of rotatable bonds is 6. The van der Waals surface area contributed by atoms with Crippen molar-refractivity contribution in [1.29, 1.82) is 0 Å². The Morgan fingerprint density at radius 1 is 1.18 bits per heavy atom. The number of benzene rings is 2. The Balaban J connectivity index is 1.52. The summed E-state index contributed by atoms with van der Waals surface area (Å²) in [6.07, 6.45) is 3.85. The van der Waals surface area contributed by atoms with Crippen LogP contribution in [0.25, 0.3) is 16.0 Å². The van der Waals surface area contributed by atoms with E-state index >= 15 is 0 Å². The van der Waals surface area contributed by atoms with Crippen LogP contribution < -0.4 is 10.6 Å². The number of nitrogens with zero attached hydrogens (tertiary/aromatic N) is 3. The molecule has 0 fully saturated rings. The summed E-state index contributed by atoms with van der Waals surface area (Å²) in [4.78, 5) is 29.5. The zero-order chi connectivity index (χ0) is 23.6. The number of carbonyl (C=O) groups excluding carboxylic acids is 2. The van der Waals surface area contributed by atoms with E-state index in [1.807, 2.05) is 44.4 Å². The van der Waals surface area contributed by atoms with Gasteiger partial charge in [0.05, 0.1) is 28.0 Å². The van der Waals surface area contributed by atoms with Crippen LogP contribution in [0, 0.1) is 5.41 Å². The molecule has 0 aliphatic carbocycles. The summed E-state index contributed by atoms with van der Waals surface area (Å²) < 4.78 is 1.74. The molecule has 33 heavy (non-hydrogen) atoms. The van der Waals surface area contributed by atoms with Crippen LogP contribution in [0.2, 0.25) is 5.02 Å². The second-order valence-corrected chi connectivity index (χ2v) is 10.2. The number of amides is 2. The zero-order valence-corrected chi connectivity index (χ0v) is 20.1. The third-order valence-electron chi connectivity index (χ3n) is 4.92. The molecule has 0 unspecified atom stereocenters. The highest BCUT2D eigenvalue weighted by Crippen LogP contribution is 2.27. The first-order chi connectivity index (χ1) is 15.7. The van der Waals surface area contributed by atoms with Crippen LogP contribution >= 0.6 is 22.9 Å². The highest BCUT2D eigenvalue weighted by atomic mass is 35.5. The van der Waals surface area contributed by atoms with Crippen LogP contribution in [-0.2, 0) is 11.3 Å². The summed E-state index contributed by atoms with van der Waals surface area (Å²) in [7, 11) is 0. The maximum absolute atomic E-state index is 13.1. The predicted octanol–water partition coefficient (Wildman–Crippen LogP) is 5.44. The average Bonchev–Trinajstić information content (AvgIpc) is 3.42. The molecule has 4 rings (SSSR count). The Morgan fingerprint density at radius 3 is 2.73 bits per heavy atom. The van der Waals surface area contributed by atoms with Gasteiger partial charge in [-0.25, -0.2) is 9.67 Å². The van der Waals surface area contributed by atoms with Crippen LogP contribution in [0.1, 0.15) is 43.1 Å². The van der Waals surface area contributed by atoms with Crippen LogP contribution in [-0.4, -0.2) is 26.6 Å². The molecule has 4 aromatic rings. The van der Waals surface area contributed by atoms with Gasteiger partial charge < -0.3 is 10.6 Å². The van der Waals surface area contributed by atoms with E-state index in [0.29, 0.717) is 29.2 Å². The first-order valence-corrected chi connectivity index (χ1v) is 11.7. The quantitative estimate of drug-likeness (QED) is 0.383. The maximum atomic E-state index is 13.1. The number of carbonyl (C=O) groups is 2. The van der Waals surface area contributed by atoms with Gasteiger partial charge in [-0.2, -0.15) is 5.10 Å². The Hall–Kier alpha value is -3.23. The Morgan fingerprint density at radius 2 is 2.00 bits per heavy atom. The lowest BCUT2D eigenvalue weighted by Gasteiger charge is -2.17. The van der Waals surface area contributed by atoms with Gasteiger partial charge in [0.25, 0.3) is 5.91 Å². The maximum Gasteiger partial charge on any atom is 0.257 e. The number of aromatic nitrogens is 3. The van der Waals surface area contributed by atoms with E-state index < -0.39 is 0 Å². The minimum Gasteiger partial charge on any atom is -0.352 e. The van der Waals surface area contributed by atoms with Crippen molar-refractivity contribution in [3.63, 3.8) is 0 Å². The van der Waals surface area contributed by atoms with Gasteiger partial charge in [-0.05, 0) is 35.2 Å². The standard InChI is InChI=1S/C24H24ClN5O2S/c1-24(2,3)12-21(31)27-13-15-7-8-18(25)16(11-15)22(32)29-19-5-4-6-20-17(19)14-28-30(20)23-26-9-10-33-23/h4-11,14H,12-13H2,1-3H3,(H,27,31)(H,29,32). The van der Waals surface area contributed by atoms with E-state index in [1.165, 1.54) is 11.3 Å². The van der Waals surface area contributed by atoms with Gasteiger partial charge in [0, 0.05) is 29.9 Å². The lowest BCUT2D eigenvalue weighted by atomic mass is 9.92. The molecule has 0 aliphatic heterocycles. The number of thiazole rings is 1. The van der Waals surface area contributed by atoms with Crippen molar-refractivity contribution >= 4 is 51.3 Å². The minimum atomic E-state index is -0.336. The molecule has 0 saturated heterocycles. The van der Waals surface area contributed by atoms with Gasteiger partial charge in [0.15, 0.2) is 0 Å². The van der Waals surface area contributed by atoms with E-state index in [-0.39, 0.29) is 17.2 Å². The summed E-state index contributed by atoms with van der Waals surface area (Å²) in [5.41, 5.74) is 2.50. The normalized spacial score (nSPS) is 11.5. The summed E-state index contributed by atoms with van der Waals surface area (Å²) in [5, 5.41) is 14.0. The van der Waals surface area contributed by atoms with E-state index in [2.05, 4.69) is 20.7 Å². The highest BCUT2D eigenvalue weighted by Gasteiger charge is 2.17. The Bertz CT molecular complexity index is 1310. The van der Waals surface area contributed by atoms with Gasteiger partial charge >= 0.3 is 0 Å². The van der Waals surface area contributed by atoms with Crippen molar-refractivity contribution in [3.8, 4) is 5.13 Å². The van der Waals surface area contributed by atoms with Gasteiger partial charge in [-0.1, -0.05) is 44.5 Å². The van der Waals surface area contributed by atoms with Crippen molar-refractivity contribution in [2.75, 3.05) is 5.32 Å². The van der Waals surface area contributed by atoms with Crippen LogP contribution in [0.3, 0.4) is 0 Å². The molecule has 0 spiro atoms. The van der Waals surface area contributed by atoms with Crippen molar-refractivity contribution < 1.29 is 9.59 Å². The Labute approximate surface area is 200 Å². The van der Waals surface area contributed by atoms with Crippen LogP contribution in [0.5, 0.6) is 0 Å². The first-order valence-electron chi connectivity index (χ1n) is 10.4. The molecule has 7 nitrogen and oxygen atoms in total. The lowest BCUT2D eigenvalue weighted by molar-refractivity contribution is -0.122. The molecule has 2 amide bonds. The van der Waals surface area contributed by atoms with Gasteiger partial charge in [0.1, 0.15) is 0 Å². The molecular formula is C24H24ClN5O2S. The second kappa shape index (κ2) is 9.33. The molecule has 170 valence electrons. The fourth-order valence-electron chi connectivity index (χ4n) is 3.42. The molecule has 0 bridgehead atoms. The number of anilines is 1. The lowest BCUT2D eigenvalue weighted by Crippen LogP contribution is -2.27. The molecule has 0 radical (unpaired) electrons. The van der Waals surface area contributed by atoms with Gasteiger partial charge in [-0.15, -0.1) is 11.3 Å².